The van der Waals surface area contributed by atoms with Gasteiger partial charge in [-0.3, -0.25) is 9.59 Å². The molecule has 1 aliphatic rings. The van der Waals surface area contributed by atoms with E-state index in [4.69, 9.17) is 16.3 Å². The van der Waals surface area contributed by atoms with Crippen molar-refractivity contribution in [3.8, 4) is 5.75 Å². The molecule has 1 aromatic carbocycles. The summed E-state index contributed by atoms with van der Waals surface area (Å²) in [6, 6.07) is 5.94. The van der Waals surface area contributed by atoms with Gasteiger partial charge >= 0.3 is 0 Å². The number of rotatable bonds is 5. The minimum atomic E-state index is -3.99. The van der Waals surface area contributed by atoms with Gasteiger partial charge in [0.05, 0.1) is 22.2 Å². The third kappa shape index (κ3) is 4.50. The van der Waals surface area contributed by atoms with Gasteiger partial charge in [-0.25, -0.2) is 13.4 Å². The minimum Gasteiger partial charge on any atom is -0.479 e. The van der Waals surface area contributed by atoms with Crippen molar-refractivity contribution < 1.29 is 22.7 Å². The van der Waals surface area contributed by atoms with E-state index in [9.17, 15) is 18.0 Å². The quantitative estimate of drug-likeness (QED) is 0.737. The van der Waals surface area contributed by atoms with E-state index in [0.717, 1.165) is 4.31 Å². The van der Waals surface area contributed by atoms with Crippen LogP contribution in [0.3, 0.4) is 0 Å². The molecular formula is C18H19ClN4O5S. The number of pyridine rings is 1. The summed E-state index contributed by atoms with van der Waals surface area (Å²) in [5, 5.41) is 5.60. The summed E-state index contributed by atoms with van der Waals surface area (Å²) < 4.78 is 32.4. The Bertz CT molecular complexity index is 1070. The van der Waals surface area contributed by atoms with Gasteiger partial charge in [0, 0.05) is 19.3 Å². The molecule has 0 saturated heterocycles. The molecule has 0 fully saturated rings. The van der Waals surface area contributed by atoms with Crippen molar-refractivity contribution in [1.82, 2.24) is 9.29 Å². The summed E-state index contributed by atoms with van der Waals surface area (Å²) >= 11 is 5.75. The molecule has 29 heavy (non-hydrogen) atoms. The standard InChI is InChI=1S/C18H19ClN4O5S/c1-10-6-13-14(28-11(2)18(25)21-13)7-15(10)29(26,27)23(3)9-17(24)22-16-5-4-12(19)8-20-16/h4-8,11H,9H2,1-3H3,(H,21,25)(H,20,22,24)/t11-/m0/s1. The molecule has 0 aliphatic carbocycles. The second-order valence-electron chi connectivity index (χ2n) is 6.53. The lowest BCUT2D eigenvalue weighted by atomic mass is 10.1. The number of benzene rings is 1. The lowest BCUT2D eigenvalue weighted by molar-refractivity contribution is -0.122. The molecule has 1 aliphatic heterocycles. The molecule has 0 spiro atoms. The molecule has 9 nitrogen and oxygen atoms in total. The number of carbonyl (C=O) groups is 2. The van der Waals surface area contributed by atoms with Gasteiger partial charge in [-0.15, -0.1) is 0 Å². The number of nitrogens with zero attached hydrogens (tertiary/aromatic N) is 2. The molecule has 1 atom stereocenters. The Balaban J connectivity index is 1.79. The molecule has 0 saturated carbocycles. The van der Waals surface area contributed by atoms with Crippen molar-refractivity contribution in [2.24, 2.45) is 0 Å². The first-order valence-corrected chi connectivity index (χ1v) is 10.4. The summed E-state index contributed by atoms with van der Waals surface area (Å²) in [4.78, 5) is 27.9. The molecule has 2 N–H and O–H groups in total. The molecule has 3 rings (SSSR count). The van der Waals surface area contributed by atoms with Crippen LogP contribution in [-0.4, -0.2) is 49.2 Å². The predicted molar refractivity (Wildman–Crippen MR) is 108 cm³/mol. The van der Waals surface area contributed by atoms with Crippen LogP contribution in [0.1, 0.15) is 12.5 Å². The van der Waals surface area contributed by atoms with E-state index in [-0.39, 0.29) is 22.4 Å². The number of amides is 2. The Morgan fingerprint density at radius 3 is 2.76 bits per heavy atom. The molecule has 0 unspecified atom stereocenters. The highest BCUT2D eigenvalue weighted by atomic mass is 35.5. The Morgan fingerprint density at radius 1 is 1.38 bits per heavy atom. The summed E-state index contributed by atoms with van der Waals surface area (Å²) in [6.45, 7) is 2.74. The van der Waals surface area contributed by atoms with Crippen LogP contribution >= 0.6 is 11.6 Å². The Hall–Kier alpha value is -2.69. The highest BCUT2D eigenvalue weighted by molar-refractivity contribution is 7.89. The summed E-state index contributed by atoms with van der Waals surface area (Å²) in [5.41, 5.74) is 0.813. The first-order valence-electron chi connectivity index (χ1n) is 8.58. The number of aryl methyl sites for hydroxylation is 1. The van der Waals surface area contributed by atoms with E-state index in [2.05, 4.69) is 15.6 Å². The molecule has 2 amide bonds. The minimum absolute atomic E-state index is 0.0143. The number of nitrogens with one attached hydrogen (secondary N) is 2. The fraction of sp³-hybridized carbons (Fsp3) is 0.278. The van der Waals surface area contributed by atoms with Crippen molar-refractivity contribution in [1.29, 1.82) is 0 Å². The Labute approximate surface area is 173 Å². The number of carbonyl (C=O) groups excluding carboxylic acids is 2. The zero-order valence-electron chi connectivity index (χ0n) is 15.9. The molecule has 0 bridgehead atoms. The lowest BCUT2D eigenvalue weighted by Gasteiger charge is -2.25. The molecule has 2 aromatic rings. The lowest BCUT2D eigenvalue weighted by Crippen LogP contribution is -2.36. The van der Waals surface area contributed by atoms with Crippen molar-refractivity contribution in [2.75, 3.05) is 24.2 Å². The smallest absolute Gasteiger partial charge is 0.265 e. The van der Waals surface area contributed by atoms with Gasteiger partial charge in [0.25, 0.3) is 5.91 Å². The van der Waals surface area contributed by atoms with Crippen molar-refractivity contribution in [3.05, 3.63) is 41.0 Å². The van der Waals surface area contributed by atoms with E-state index in [1.165, 1.54) is 31.4 Å². The Kier molecular flexibility index (Phi) is 5.78. The van der Waals surface area contributed by atoms with Crippen LogP contribution in [-0.2, 0) is 19.6 Å². The summed E-state index contributed by atoms with van der Waals surface area (Å²) in [5.74, 6) is -0.353. The maximum atomic E-state index is 13.0. The third-order valence-corrected chi connectivity index (χ3v) is 6.43. The molecule has 11 heteroatoms. The average Bonchev–Trinajstić information content (AvgIpc) is 2.64. The van der Waals surface area contributed by atoms with Crippen molar-refractivity contribution in [2.45, 2.75) is 24.8 Å². The average molecular weight is 439 g/mol. The van der Waals surface area contributed by atoms with Crippen LogP contribution in [0, 0.1) is 6.92 Å². The predicted octanol–water partition coefficient (Wildman–Crippen LogP) is 2.02. The zero-order valence-corrected chi connectivity index (χ0v) is 17.5. The Morgan fingerprint density at radius 2 is 2.10 bits per heavy atom. The number of halogens is 1. The number of hydrogen-bond donors (Lipinski definition) is 2. The molecule has 2 heterocycles. The van der Waals surface area contributed by atoms with Gasteiger partial charge < -0.3 is 15.4 Å². The van der Waals surface area contributed by atoms with Crippen molar-refractivity contribution >= 4 is 44.9 Å². The van der Waals surface area contributed by atoms with E-state index in [0.29, 0.717) is 16.3 Å². The highest BCUT2D eigenvalue weighted by Gasteiger charge is 2.30. The first kappa shape index (κ1) is 21.0. The third-order valence-electron chi connectivity index (χ3n) is 4.26. The SMILES string of the molecule is Cc1cc2c(cc1S(=O)(=O)N(C)CC(=O)Nc1ccc(Cl)cn1)O[C@@H](C)C(=O)N2. The second kappa shape index (κ2) is 7.97. The van der Waals surface area contributed by atoms with E-state index < -0.39 is 28.6 Å². The zero-order chi connectivity index (χ0) is 21.3. The highest BCUT2D eigenvalue weighted by Crippen LogP contribution is 2.35. The maximum absolute atomic E-state index is 13.0. The van der Waals surface area contributed by atoms with Crippen LogP contribution in [0.15, 0.2) is 35.4 Å². The molecule has 154 valence electrons. The van der Waals surface area contributed by atoms with Crippen LogP contribution in [0.5, 0.6) is 5.75 Å². The van der Waals surface area contributed by atoms with Gasteiger partial charge in [0.2, 0.25) is 15.9 Å². The van der Waals surface area contributed by atoms with E-state index >= 15 is 0 Å². The molecular weight excluding hydrogens is 420 g/mol. The number of likely N-dealkylation sites (N-methyl/N-ethyl adjacent to an activating group) is 1. The first-order chi connectivity index (χ1) is 13.6. The van der Waals surface area contributed by atoms with Gasteiger partial charge in [0.15, 0.2) is 6.10 Å². The summed E-state index contributed by atoms with van der Waals surface area (Å²) in [7, 11) is -2.69. The normalized spacial score (nSPS) is 16.0. The molecule has 1 aromatic heterocycles. The topological polar surface area (TPSA) is 118 Å². The van der Waals surface area contributed by atoms with Crippen LogP contribution in [0.2, 0.25) is 5.02 Å². The number of aromatic nitrogens is 1. The van der Waals surface area contributed by atoms with Gasteiger partial charge in [-0.05, 0) is 37.6 Å². The van der Waals surface area contributed by atoms with E-state index in [1.807, 2.05) is 0 Å². The fourth-order valence-electron chi connectivity index (χ4n) is 2.71. The number of fused-ring (bicyclic) bond motifs is 1. The number of ether oxygens (including phenoxy) is 1. The molecule has 0 radical (unpaired) electrons. The maximum Gasteiger partial charge on any atom is 0.265 e. The van der Waals surface area contributed by atoms with Crippen LogP contribution in [0.4, 0.5) is 11.5 Å². The number of hydrogen-bond acceptors (Lipinski definition) is 6. The largest absolute Gasteiger partial charge is 0.479 e. The van der Waals surface area contributed by atoms with Crippen LogP contribution in [0.25, 0.3) is 0 Å². The monoisotopic (exact) mass is 438 g/mol. The number of anilines is 2. The fourth-order valence-corrected chi connectivity index (χ4v) is 4.16. The summed E-state index contributed by atoms with van der Waals surface area (Å²) in [6.07, 6.45) is 0.629. The van der Waals surface area contributed by atoms with Gasteiger partial charge in [-0.1, -0.05) is 11.6 Å². The van der Waals surface area contributed by atoms with E-state index in [1.54, 1.807) is 19.9 Å². The van der Waals surface area contributed by atoms with Crippen molar-refractivity contribution in [3.63, 3.8) is 0 Å². The van der Waals surface area contributed by atoms with Crippen LogP contribution < -0.4 is 15.4 Å². The number of sulfonamides is 1. The second-order valence-corrected chi connectivity index (χ2v) is 8.98. The van der Waals surface area contributed by atoms with Gasteiger partial charge in [-0.2, -0.15) is 4.31 Å². The van der Waals surface area contributed by atoms with Gasteiger partial charge in [0.1, 0.15) is 11.6 Å².